The molecule has 1 aliphatic carbocycles. The van der Waals surface area contributed by atoms with Crippen molar-refractivity contribution in [2.45, 2.75) is 65.7 Å². The van der Waals surface area contributed by atoms with Gasteiger partial charge in [0.05, 0.1) is 0 Å². The molecule has 0 fully saturated rings. The van der Waals surface area contributed by atoms with Gasteiger partial charge in [0.1, 0.15) is 0 Å². The molecule has 0 heterocycles. The van der Waals surface area contributed by atoms with Crippen molar-refractivity contribution in [2.24, 2.45) is 0 Å². The van der Waals surface area contributed by atoms with Gasteiger partial charge in [-0.2, -0.15) is 0 Å². The molecule has 4 aromatic carbocycles. The minimum absolute atomic E-state index is 0.483. The molecule has 198 valence electrons. The van der Waals surface area contributed by atoms with Crippen molar-refractivity contribution in [3.8, 4) is 0 Å². The fourth-order valence-electron chi connectivity index (χ4n) is 6.07. The summed E-state index contributed by atoms with van der Waals surface area (Å²) < 4.78 is 0. The Kier molecular flexibility index (Phi) is 7.91. The van der Waals surface area contributed by atoms with Crippen LogP contribution in [-0.4, -0.2) is 8.07 Å². The van der Waals surface area contributed by atoms with Crippen LogP contribution < -0.4 is 15.6 Å². The van der Waals surface area contributed by atoms with Crippen LogP contribution in [0.3, 0.4) is 0 Å². The molecule has 0 bridgehead atoms. The smallest absolute Gasteiger partial charge is 0.0730 e. The van der Waals surface area contributed by atoms with Crippen LogP contribution in [0, 0.1) is 0 Å². The van der Waals surface area contributed by atoms with Crippen LogP contribution in [0.25, 0.3) is 5.57 Å². The van der Waals surface area contributed by atoms with Crippen molar-refractivity contribution in [3.05, 3.63) is 143 Å². The van der Waals surface area contributed by atoms with E-state index in [4.69, 9.17) is 0 Å². The fraction of sp³-hybridized carbons (Fsp3) is 0.263. The third-order valence-corrected chi connectivity index (χ3v) is 13.3. The van der Waals surface area contributed by atoms with Crippen LogP contribution >= 0.6 is 0 Å². The lowest BCUT2D eigenvalue weighted by atomic mass is 10.0. The maximum Gasteiger partial charge on any atom is 0.175 e. The van der Waals surface area contributed by atoms with Gasteiger partial charge in [-0.3, -0.25) is 0 Å². The third-order valence-electron chi connectivity index (χ3n) is 8.42. The topological polar surface area (TPSA) is 0 Å². The van der Waals surface area contributed by atoms with Crippen molar-refractivity contribution >= 4 is 29.2 Å². The summed E-state index contributed by atoms with van der Waals surface area (Å²) in [7, 11) is -2.59. The number of hydrogen-bond acceptors (Lipinski definition) is 0. The fourth-order valence-corrected chi connectivity index (χ4v) is 11.1. The van der Waals surface area contributed by atoms with E-state index in [0.29, 0.717) is 17.8 Å². The van der Waals surface area contributed by atoms with Crippen LogP contribution in [-0.2, 0) is 0 Å². The molecule has 0 N–H and O–H groups in total. The molecule has 0 radical (unpaired) electrons. The zero-order valence-electron chi connectivity index (χ0n) is 24.4. The summed E-state index contributed by atoms with van der Waals surface area (Å²) >= 11 is 0. The van der Waals surface area contributed by atoms with Crippen LogP contribution in [0.15, 0.2) is 120 Å². The molecule has 1 aliphatic rings. The van der Waals surface area contributed by atoms with Crippen LogP contribution in [0.5, 0.6) is 0 Å². The summed E-state index contributed by atoms with van der Waals surface area (Å²) in [6.45, 7) is 13.9. The maximum absolute atomic E-state index is 2.59. The lowest BCUT2D eigenvalue weighted by Gasteiger charge is -2.37. The van der Waals surface area contributed by atoms with E-state index < -0.39 is 8.07 Å². The summed E-state index contributed by atoms with van der Waals surface area (Å²) in [5, 5.41) is 6.04. The summed E-state index contributed by atoms with van der Waals surface area (Å²) in [4.78, 5) is 0. The minimum Gasteiger partial charge on any atom is -0.0730 e. The summed E-state index contributed by atoms with van der Waals surface area (Å²) in [5.41, 5.74) is 6.90. The zero-order chi connectivity index (χ0) is 27.6. The first kappa shape index (κ1) is 27.2. The highest BCUT2D eigenvalue weighted by atomic mass is 28.3. The first-order valence-electron chi connectivity index (χ1n) is 14.6. The SMILES string of the molecule is CC(C)c1cccc([Si](C2=CC(c3ccccc3)=CC2)(c2cccc(C(C)C)c2)c2cccc(C(C)C)c2)c1. The summed E-state index contributed by atoms with van der Waals surface area (Å²) in [5.74, 6) is 1.45. The molecule has 0 aromatic heterocycles. The average Bonchev–Trinajstić information content (AvgIpc) is 3.45. The van der Waals surface area contributed by atoms with Crippen LogP contribution in [0.4, 0.5) is 0 Å². The zero-order valence-corrected chi connectivity index (χ0v) is 25.4. The van der Waals surface area contributed by atoms with Gasteiger partial charge in [-0.05, 0) is 67.6 Å². The Morgan fingerprint density at radius 3 is 1.36 bits per heavy atom. The van der Waals surface area contributed by atoms with Gasteiger partial charge in [-0.25, -0.2) is 0 Å². The minimum atomic E-state index is -2.59. The second-order valence-corrected chi connectivity index (χ2v) is 15.9. The van der Waals surface area contributed by atoms with Crippen LogP contribution in [0.2, 0.25) is 0 Å². The highest BCUT2D eigenvalue weighted by molar-refractivity contribution is 7.16. The third kappa shape index (κ3) is 5.25. The second kappa shape index (κ2) is 11.4. The lowest BCUT2D eigenvalue weighted by Crippen LogP contribution is -2.68. The van der Waals surface area contributed by atoms with E-state index in [0.717, 1.165) is 6.42 Å². The second-order valence-electron chi connectivity index (χ2n) is 12.0. The summed E-state index contributed by atoms with van der Waals surface area (Å²) in [6.07, 6.45) is 5.98. The highest BCUT2D eigenvalue weighted by Gasteiger charge is 2.44. The Morgan fingerprint density at radius 1 is 0.513 bits per heavy atom. The van der Waals surface area contributed by atoms with E-state index in [1.165, 1.54) is 43.4 Å². The van der Waals surface area contributed by atoms with Gasteiger partial charge < -0.3 is 0 Å². The molecular weight excluding hydrogens is 485 g/mol. The standard InChI is InChI=1S/C38H42Si/c1-27(2)31-15-10-18-35(23-31)39(36-19-11-16-32(24-36)28(3)4,37-20-12-17-33(25-37)29(5)6)38-22-21-34(26-38)30-13-8-7-9-14-30/h7-21,23-29H,22H2,1-6H3. The first-order valence-corrected chi connectivity index (χ1v) is 16.6. The van der Waals surface area contributed by atoms with Crippen molar-refractivity contribution in [1.82, 2.24) is 0 Å². The maximum atomic E-state index is 2.54. The van der Waals surface area contributed by atoms with Gasteiger partial charge in [0, 0.05) is 0 Å². The molecule has 0 aliphatic heterocycles. The Bertz CT molecular complexity index is 1380. The van der Waals surface area contributed by atoms with E-state index in [1.807, 2.05) is 0 Å². The molecule has 5 rings (SSSR count). The van der Waals surface area contributed by atoms with Crippen LogP contribution in [0.1, 0.15) is 88.0 Å². The molecule has 4 aromatic rings. The van der Waals surface area contributed by atoms with Gasteiger partial charge >= 0.3 is 0 Å². The molecule has 0 nitrogen and oxygen atoms in total. The van der Waals surface area contributed by atoms with Crippen molar-refractivity contribution in [1.29, 1.82) is 0 Å². The molecule has 0 unspecified atom stereocenters. The Morgan fingerprint density at radius 2 is 0.949 bits per heavy atom. The molecular formula is C38H42Si. The number of benzene rings is 4. The van der Waals surface area contributed by atoms with E-state index in [1.54, 1.807) is 5.20 Å². The van der Waals surface area contributed by atoms with Crippen molar-refractivity contribution < 1.29 is 0 Å². The average molecular weight is 527 g/mol. The molecule has 0 spiro atoms. The molecule has 39 heavy (non-hydrogen) atoms. The largest absolute Gasteiger partial charge is 0.175 e. The van der Waals surface area contributed by atoms with Gasteiger partial charge in [0.15, 0.2) is 8.07 Å². The van der Waals surface area contributed by atoms with Crippen molar-refractivity contribution in [3.63, 3.8) is 0 Å². The van der Waals surface area contributed by atoms with Gasteiger partial charge in [-0.1, -0.05) is 162 Å². The molecule has 0 saturated heterocycles. The number of hydrogen-bond donors (Lipinski definition) is 0. The highest BCUT2D eigenvalue weighted by Crippen LogP contribution is 2.33. The lowest BCUT2D eigenvalue weighted by molar-refractivity contribution is 0.867. The monoisotopic (exact) mass is 526 g/mol. The van der Waals surface area contributed by atoms with E-state index in [2.05, 4.69) is 157 Å². The van der Waals surface area contributed by atoms with E-state index in [9.17, 15) is 0 Å². The normalized spacial score (nSPS) is 13.8. The predicted molar refractivity (Wildman–Crippen MR) is 173 cm³/mol. The molecule has 1 heteroatoms. The number of rotatable bonds is 8. The Labute approximate surface area is 237 Å². The molecule has 0 atom stereocenters. The predicted octanol–water partition coefficient (Wildman–Crippen LogP) is 8.48. The quantitative estimate of drug-likeness (QED) is 0.159. The van der Waals surface area contributed by atoms with Crippen molar-refractivity contribution in [2.75, 3.05) is 0 Å². The van der Waals surface area contributed by atoms with Gasteiger partial charge in [0.25, 0.3) is 0 Å². The molecule has 0 amide bonds. The van der Waals surface area contributed by atoms with Gasteiger partial charge in [-0.15, -0.1) is 0 Å². The Balaban J connectivity index is 1.86. The molecule has 0 saturated carbocycles. The van der Waals surface area contributed by atoms with E-state index >= 15 is 0 Å². The first-order chi connectivity index (χ1) is 18.8. The van der Waals surface area contributed by atoms with Gasteiger partial charge in [0.2, 0.25) is 0 Å². The Hall–Kier alpha value is -3.42. The summed E-state index contributed by atoms with van der Waals surface area (Å²) in [6, 6.07) is 39.5. The van der Waals surface area contributed by atoms with E-state index in [-0.39, 0.29) is 0 Å². The number of allylic oxidation sites excluding steroid dienone is 4.